The van der Waals surface area contributed by atoms with Gasteiger partial charge in [-0.3, -0.25) is 14.4 Å². The second kappa shape index (κ2) is 8.18. The molecule has 4 aromatic rings. The summed E-state index contributed by atoms with van der Waals surface area (Å²) in [5.74, 6) is -0.260. The van der Waals surface area contributed by atoms with Crippen molar-refractivity contribution >= 4 is 51.7 Å². The topological polar surface area (TPSA) is 84.3 Å². The molecular weight excluding hydrogens is 440 g/mol. The maximum Gasteiger partial charge on any atom is 0.266 e. The number of hydrogen-bond donors (Lipinski definition) is 1. The fourth-order valence-electron chi connectivity index (χ4n) is 4.09. The van der Waals surface area contributed by atoms with Crippen molar-refractivity contribution in [3.05, 3.63) is 88.7 Å². The summed E-state index contributed by atoms with van der Waals surface area (Å²) in [5.41, 5.74) is 3.16. The van der Waals surface area contributed by atoms with Crippen LogP contribution in [-0.2, 0) is 17.8 Å². The molecule has 2 heterocycles. The van der Waals surface area contributed by atoms with Crippen LogP contribution in [0.3, 0.4) is 0 Å². The maximum atomic E-state index is 12.8. The molecule has 3 amide bonds. The Morgan fingerprint density at radius 2 is 1.64 bits per heavy atom. The first-order valence-electron chi connectivity index (χ1n) is 10.5. The van der Waals surface area contributed by atoms with Gasteiger partial charge in [-0.15, -0.1) is 0 Å². The van der Waals surface area contributed by atoms with Gasteiger partial charge in [0.15, 0.2) is 0 Å². The highest BCUT2D eigenvalue weighted by Crippen LogP contribution is 2.34. The summed E-state index contributed by atoms with van der Waals surface area (Å²) in [6.07, 6.45) is 0.697. The molecule has 8 heteroatoms. The molecule has 0 aliphatic carbocycles. The van der Waals surface area contributed by atoms with E-state index in [0.29, 0.717) is 23.2 Å². The van der Waals surface area contributed by atoms with Crippen molar-refractivity contribution in [1.82, 2.24) is 9.55 Å². The minimum absolute atomic E-state index is 0.0987. The number of benzene rings is 3. The molecule has 1 aliphatic heterocycles. The lowest BCUT2D eigenvalue weighted by Gasteiger charge is -2.17. The van der Waals surface area contributed by atoms with E-state index >= 15 is 0 Å². The van der Waals surface area contributed by atoms with Crippen molar-refractivity contribution in [2.75, 3.05) is 10.2 Å². The molecule has 0 saturated carbocycles. The zero-order valence-electron chi connectivity index (χ0n) is 17.7. The van der Waals surface area contributed by atoms with Gasteiger partial charge >= 0.3 is 0 Å². The van der Waals surface area contributed by atoms with Crippen LogP contribution < -0.4 is 10.2 Å². The summed E-state index contributed by atoms with van der Waals surface area (Å²) in [4.78, 5) is 43.9. The Hall–Kier alpha value is -3.97. The van der Waals surface area contributed by atoms with Gasteiger partial charge < -0.3 is 9.88 Å². The Bertz CT molecular complexity index is 1410. The average Bonchev–Trinajstić information content (AvgIpc) is 3.29. The number of halogens is 1. The number of para-hydroxylation sites is 2. The maximum absolute atomic E-state index is 12.8. The molecule has 0 spiro atoms. The Morgan fingerprint density at radius 3 is 2.30 bits per heavy atom. The van der Waals surface area contributed by atoms with E-state index in [0.717, 1.165) is 21.8 Å². The van der Waals surface area contributed by atoms with Crippen LogP contribution in [0.1, 0.15) is 33.5 Å². The van der Waals surface area contributed by atoms with Crippen LogP contribution >= 0.6 is 11.6 Å². The Balaban J connectivity index is 1.36. The zero-order valence-corrected chi connectivity index (χ0v) is 18.5. The number of rotatable bonds is 5. The minimum atomic E-state index is -0.423. The molecule has 3 aromatic carbocycles. The van der Waals surface area contributed by atoms with Crippen LogP contribution in [0, 0.1) is 0 Å². The Kier molecular flexibility index (Phi) is 5.18. The number of amides is 3. The first kappa shape index (κ1) is 20.9. The molecule has 0 bridgehead atoms. The lowest BCUT2D eigenvalue weighted by Crippen LogP contribution is -2.29. The predicted molar refractivity (Wildman–Crippen MR) is 127 cm³/mol. The number of imidazole rings is 1. The third-order valence-electron chi connectivity index (χ3n) is 5.62. The van der Waals surface area contributed by atoms with E-state index in [2.05, 4.69) is 10.3 Å². The largest absolute Gasteiger partial charge is 0.324 e. The normalized spacial score (nSPS) is 13.0. The molecule has 5 rings (SSSR count). The number of aryl methyl sites for hydroxylation is 1. The van der Waals surface area contributed by atoms with E-state index in [9.17, 15) is 14.4 Å². The van der Waals surface area contributed by atoms with Crippen molar-refractivity contribution in [1.29, 1.82) is 0 Å². The van der Waals surface area contributed by atoms with Gasteiger partial charge in [-0.25, -0.2) is 9.88 Å². The number of anilines is 2. The van der Waals surface area contributed by atoms with Gasteiger partial charge in [0.1, 0.15) is 12.4 Å². The van der Waals surface area contributed by atoms with Gasteiger partial charge in [-0.1, -0.05) is 42.8 Å². The SMILES string of the molecule is CCc1nc2ccccc2n1CC(=O)Nc1ccc(N2C(=O)c3ccccc3C2=O)c(Cl)c1. The first-order chi connectivity index (χ1) is 16.0. The lowest BCUT2D eigenvalue weighted by atomic mass is 10.1. The molecule has 33 heavy (non-hydrogen) atoms. The number of fused-ring (bicyclic) bond motifs is 2. The van der Waals surface area contributed by atoms with E-state index in [1.165, 1.54) is 6.07 Å². The summed E-state index contributed by atoms with van der Waals surface area (Å²) >= 11 is 6.42. The number of aromatic nitrogens is 2. The molecule has 0 unspecified atom stereocenters. The summed E-state index contributed by atoms with van der Waals surface area (Å²) < 4.78 is 1.89. The minimum Gasteiger partial charge on any atom is -0.324 e. The van der Waals surface area contributed by atoms with Crippen LogP contribution in [0.2, 0.25) is 5.02 Å². The summed E-state index contributed by atoms with van der Waals surface area (Å²) in [5, 5.41) is 3.02. The number of nitrogens with zero attached hydrogens (tertiary/aromatic N) is 3. The van der Waals surface area contributed by atoms with E-state index in [4.69, 9.17) is 11.6 Å². The highest BCUT2D eigenvalue weighted by molar-refractivity contribution is 6.40. The van der Waals surface area contributed by atoms with Crippen LogP contribution in [0.4, 0.5) is 11.4 Å². The summed E-state index contributed by atoms with van der Waals surface area (Å²) in [7, 11) is 0. The van der Waals surface area contributed by atoms with Crippen LogP contribution in [0.25, 0.3) is 11.0 Å². The quantitative estimate of drug-likeness (QED) is 0.440. The molecule has 1 aliphatic rings. The van der Waals surface area contributed by atoms with Crippen molar-refractivity contribution in [3.8, 4) is 0 Å². The Labute approximate surface area is 194 Å². The third-order valence-corrected chi connectivity index (χ3v) is 5.92. The molecule has 0 atom stereocenters. The zero-order chi connectivity index (χ0) is 23.1. The van der Waals surface area contributed by atoms with Crippen LogP contribution in [-0.4, -0.2) is 27.3 Å². The first-order valence-corrected chi connectivity index (χ1v) is 10.9. The molecule has 0 radical (unpaired) electrons. The van der Waals surface area contributed by atoms with E-state index in [-0.39, 0.29) is 23.2 Å². The molecule has 0 fully saturated rings. The van der Waals surface area contributed by atoms with Gasteiger partial charge in [-0.2, -0.15) is 0 Å². The second-order valence-electron chi connectivity index (χ2n) is 7.66. The standard InChI is InChI=1S/C25H19ClN4O3/c1-2-22-28-19-9-5-6-10-21(19)29(22)14-23(31)27-15-11-12-20(18(26)13-15)30-24(32)16-7-3-4-8-17(16)25(30)33/h3-13H,2,14H2,1H3,(H,27,31). The fraction of sp³-hybridized carbons (Fsp3) is 0.120. The molecular formula is C25H19ClN4O3. The van der Waals surface area contributed by atoms with Crippen LogP contribution in [0.5, 0.6) is 0 Å². The predicted octanol–water partition coefficient (Wildman–Crippen LogP) is 4.69. The smallest absolute Gasteiger partial charge is 0.266 e. The summed E-state index contributed by atoms with van der Waals surface area (Å²) in [6.45, 7) is 2.09. The van der Waals surface area contributed by atoms with E-state index in [1.54, 1.807) is 36.4 Å². The highest BCUT2D eigenvalue weighted by Gasteiger charge is 2.37. The number of hydrogen-bond acceptors (Lipinski definition) is 4. The third kappa shape index (κ3) is 3.56. The fourth-order valence-corrected chi connectivity index (χ4v) is 4.35. The summed E-state index contributed by atoms with van der Waals surface area (Å²) in [6, 6.07) is 19.0. The van der Waals surface area contributed by atoms with Gasteiger partial charge in [0, 0.05) is 12.1 Å². The molecule has 0 saturated heterocycles. The number of carbonyl (C=O) groups is 3. The van der Waals surface area contributed by atoms with E-state index in [1.807, 2.05) is 35.8 Å². The van der Waals surface area contributed by atoms with Gasteiger partial charge in [0.05, 0.1) is 32.9 Å². The molecule has 7 nitrogen and oxygen atoms in total. The van der Waals surface area contributed by atoms with Crippen molar-refractivity contribution in [3.63, 3.8) is 0 Å². The number of carbonyl (C=O) groups excluding carboxylic acids is 3. The second-order valence-corrected chi connectivity index (χ2v) is 8.07. The van der Waals surface area contributed by atoms with Crippen molar-refractivity contribution in [2.24, 2.45) is 0 Å². The number of imide groups is 1. The van der Waals surface area contributed by atoms with Crippen LogP contribution in [0.15, 0.2) is 66.7 Å². The Morgan fingerprint density at radius 1 is 0.970 bits per heavy atom. The molecule has 1 aromatic heterocycles. The van der Waals surface area contributed by atoms with Crippen molar-refractivity contribution < 1.29 is 14.4 Å². The lowest BCUT2D eigenvalue weighted by molar-refractivity contribution is -0.116. The van der Waals surface area contributed by atoms with Gasteiger partial charge in [0.2, 0.25) is 5.91 Å². The monoisotopic (exact) mass is 458 g/mol. The van der Waals surface area contributed by atoms with E-state index < -0.39 is 11.8 Å². The highest BCUT2D eigenvalue weighted by atomic mass is 35.5. The molecule has 1 N–H and O–H groups in total. The van der Waals surface area contributed by atoms with Crippen molar-refractivity contribution in [2.45, 2.75) is 19.9 Å². The van der Waals surface area contributed by atoms with Gasteiger partial charge in [-0.05, 0) is 42.5 Å². The molecule has 164 valence electrons. The number of nitrogens with one attached hydrogen (secondary N) is 1. The average molecular weight is 459 g/mol. The van der Waals surface area contributed by atoms with Gasteiger partial charge in [0.25, 0.3) is 11.8 Å².